The number of primary amides is 1. The Morgan fingerprint density at radius 3 is 2.71 bits per heavy atom. The van der Waals surface area contributed by atoms with Crippen molar-refractivity contribution >= 4 is 22.5 Å². The fourth-order valence-corrected chi connectivity index (χ4v) is 4.16. The number of fused-ring (bicyclic) bond motifs is 1. The van der Waals surface area contributed by atoms with Crippen molar-refractivity contribution < 1.29 is 13.9 Å². The first-order valence-corrected chi connectivity index (χ1v) is 9.63. The number of benzene rings is 1. The summed E-state index contributed by atoms with van der Waals surface area (Å²) in [4.78, 5) is 26.5. The van der Waals surface area contributed by atoms with Crippen molar-refractivity contribution in [3.63, 3.8) is 0 Å². The van der Waals surface area contributed by atoms with Gasteiger partial charge in [0.15, 0.2) is 11.6 Å². The van der Waals surface area contributed by atoms with Gasteiger partial charge in [-0.05, 0) is 38.8 Å². The third-order valence-electron chi connectivity index (χ3n) is 5.75. The van der Waals surface area contributed by atoms with Gasteiger partial charge < -0.3 is 25.3 Å². The third-order valence-corrected chi connectivity index (χ3v) is 5.75. The van der Waals surface area contributed by atoms with E-state index in [4.69, 9.17) is 10.5 Å². The summed E-state index contributed by atoms with van der Waals surface area (Å²) in [7, 11) is 3.39. The summed E-state index contributed by atoms with van der Waals surface area (Å²) < 4.78 is 22.8. The van der Waals surface area contributed by atoms with Crippen molar-refractivity contribution in [3.8, 4) is 5.75 Å². The number of amides is 1. The van der Waals surface area contributed by atoms with Crippen molar-refractivity contribution in [1.29, 1.82) is 0 Å². The van der Waals surface area contributed by atoms with Gasteiger partial charge in [0.2, 0.25) is 5.43 Å². The van der Waals surface area contributed by atoms with E-state index in [1.54, 1.807) is 0 Å². The van der Waals surface area contributed by atoms with Crippen molar-refractivity contribution in [3.05, 3.63) is 33.9 Å². The molecular weight excluding hydrogens is 363 g/mol. The lowest BCUT2D eigenvalue weighted by Crippen LogP contribution is -2.45. The first-order valence-electron chi connectivity index (χ1n) is 9.63. The minimum Gasteiger partial charge on any atom is -0.492 e. The van der Waals surface area contributed by atoms with Crippen LogP contribution in [0.3, 0.4) is 0 Å². The summed E-state index contributed by atoms with van der Waals surface area (Å²) >= 11 is 0. The maximum absolute atomic E-state index is 15.2. The molecule has 1 aromatic carbocycles. The second-order valence-electron chi connectivity index (χ2n) is 7.58. The number of anilines is 1. The largest absolute Gasteiger partial charge is 0.492 e. The number of rotatable bonds is 5. The number of halogens is 1. The maximum atomic E-state index is 15.2. The highest BCUT2D eigenvalue weighted by molar-refractivity contribution is 5.99. The zero-order valence-corrected chi connectivity index (χ0v) is 16.1. The minimum atomic E-state index is -0.808. The summed E-state index contributed by atoms with van der Waals surface area (Å²) in [5.74, 6) is -0.994. The number of carbonyl (C=O) groups excluding carboxylic acids is 1. The topological polar surface area (TPSA) is 89.6 Å². The van der Waals surface area contributed by atoms with Crippen LogP contribution in [0, 0.1) is 5.82 Å². The second-order valence-corrected chi connectivity index (χ2v) is 7.58. The Bertz CT molecular complexity index is 999. The Balaban J connectivity index is 1.99. The Hall–Kier alpha value is -2.61. The van der Waals surface area contributed by atoms with Gasteiger partial charge in [-0.1, -0.05) is 0 Å². The highest BCUT2D eigenvalue weighted by Crippen LogP contribution is 2.44. The first-order chi connectivity index (χ1) is 13.5. The second kappa shape index (κ2) is 7.09. The molecule has 0 radical (unpaired) electrons. The van der Waals surface area contributed by atoms with Gasteiger partial charge in [-0.3, -0.25) is 9.59 Å². The van der Waals surface area contributed by atoms with Crippen LogP contribution in [-0.4, -0.2) is 43.8 Å². The van der Waals surface area contributed by atoms with E-state index < -0.39 is 17.2 Å². The molecule has 1 amide bonds. The summed E-state index contributed by atoms with van der Waals surface area (Å²) in [5.41, 5.74) is 5.61. The molecule has 2 fully saturated rings. The number of methoxy groups -OCH3 is 1. The smallest absolute Gasteiger partial charge is 0.254 e. The van der Waals surface area contributed by atoms with Crippen LogP contribution in [-0.2, 0) is 0 Å². The molecule has 150 valence electrons. The van der Waals surface area contributed by atoms with Crippen LogP contribution in [0.25, 0.3) is 10.9 Å². The zero-order valence-electron chi connectivity index (χ0n) is 16.1. The molecule has 3 N–H and O–H groups in total. The van der Waals surface area contributed by atoms with Crippen molar-refractivity contribution in [2.75, 3.05) is 32.1 Å². The monoisotopic (exact) mass is 388 g/mol. The summed E-state index contributed by atoms with van der Waals surface area (Å²) in [6, 6.07) is 1.64. The molecule has 4 rings (SSSR count). The number of piperidine rings is 1. The molecule has 0 spiro atoms. The quantitative estimate of drug-likeness (QED) is 0.815. The van der Waals surface area contributed by atoms with Gasteiger partial charge in [-0.15, -0.1) is 0 Å². The SMILES string of the molecule is CNC1CCCN(c2c(F)cc3c(=O)c(C(N)=O)cn(C4CC4)c3c2OC)C1. The van der Waals surface area contributed by atoms with E-state index in [1.807, 2.05) is 16.5 Å². The standard InChI is InChI=1S/C20H25FN4O3/c1-23-11-4-3-7-24(9-11)17-15(21)8-13-16(19(17)28-2)25(12-5-6-12)10-14(18(13)26)20(22)27/h8,10-12,23H,3-7,9H2,1-2H3,(H2,22,27). The number of nitrogens with zero attached hydrogens (tertiary/aromatic N) is 2. The van der Waals surface area contributed by atoms with E-state index in [9.17, 15) is 9.59 Å². The van der Waals surface area contributed by atoms with Crippen LogP contribution < -0.4 is 26.1 Å². The van der Waals surface area contributed by atoms with Gasteiger partial charge in [0.1, 0.15) is 11.3 Å². The number of hydrogen-bond acceptors (Lipinski definition) is 5. The van der Waals surface area contributed by atoms with E-state index in [1.165, 1.54) is 19.4 Å². The van der Waals surface area contributed by atoms with E-state index >= 15 is 4.39 Å². The van der Waals surface area contributed by atoms with Crippen molar-refractivity contribution in [2.24, 2.45) is 5.73 Å². The van der Waals surface area contributed by atoms with E-state index in [0.717, 1.165) is 25.7 Å². The molecule has 1 saturated heterocycles. The minimum absolute atomic E-state index is 0.123. The van der Waals surface area contributed by atoms with Crippen LogP contribution >= 0.6 is 0 Å². The molecule has 2 aliphatic rings. The van der Waals surface area contributed by atoms with Gasteiger partial charge in [0, 0.05) is 31.4 Å². The van der Waals surface area contributed by atoms with Crippen LogP contribution in [0.1, 0.15) is 42.1 Å². The Kier molecular flexibility index (Phi) is 4.74. The van der Waals surface area contributed by atoms with Gasteiger partial charge in [-0.2, -0.15) is 0 Å². The van der Waals surface area contributed by atoms with E-state index in [2.05, 4.69) is 5.32 Å². The lowest BCUT2D eigenvalue weighted by Gasteiger charge is -2.35. The number of hydrogen-bond donors (Lipinski definition) is 2. The number of likely N-dealkylation sites (N-methyl/N-ethyl adjacent to an activating group) is 1. The van der Waals surface area contributed by atoms with Crippen molar-refractivity contribution in [1.82, 2.24) is 9.88 Å². The van der Waals surface area contributed by atoms with Gasteiger partial charge in [-0.25, -0.2) is 4.39 Å². The number of nitrogens with one attached hydrogen (secondary N) is 1. The molecule has 1 saturated carbocycles. The van der Waals surface area contributed by atoms with Crippen molar-refractivity contribution in [2.45, 2.75) is 37.8 Å². The van der Waals surface area contributed by atoms with Gasteiger partial charge in [0.05, 0.1) is 18.0 Å². The summed E-state index contributed by atoms with van der Waals surface area (Å²) in [5, 5.41) is 3.38. The molecule has 1 atom stereocenters. The number of nitrogens with two attached hydrogens (primary N) is 1. The highest BCUT2D eigenvalue weighted by Gasteiger charge is 2.32. The molecule has 2 heterocycles. The van der Waals surface area contributed by atoms with Crippen LogP contribution in [0.15, 0.2) is 17.1 Å². The average molecular weight is 388 g/mol. The predicted octanol–water partition coefficient (Wildman–Crippen LogP) is 1.77. The lowest BCUT2D eigenvalue weighted by molar-refractivity contribution is 0.0998. The molecule has 2 aromatic rings. The molecule has 1 aliphatic carbocycles. The van der Waals surface area contributed by atoms with Gasteiger partial charge >= 0.3 is 0 Å². The zero-order chi connectivity index (χ0) is 20.0. The van der Waals surface area contributed by atoms with Gasteiger partial charge in [0.25, 0.3) is 5.91 Å². The average Bonchev–Trinajstić information content (AvgIpc) is 3.52. The highest BCUT2D eigenvalue weighted by atomic mass is 19.1. The van der Waals surface area contributed by atoms with E-state index in [0.29, 0.717) is 30.0 Å². The number of pyridine rings is 1. The Labute approximate surface area is 162 Å². The molecule has 1 aromatic heterocycles. The summed E-state index contributed by atoms with van der Waals surface area (Å²) in [6.07, 6.45) is 5.32. The third kappa shape index (κ3) is 3.01. The first kappa shape index (κ1) is 18.7. The number of ether oxygens (including phenoxy) is 1. The van der Waals surface area contributed by atoms with Crippen LogP contribution in [0.4, 0.5) is 10.1 Å². The molecule has 1 aliphatic heterocycles. The normalized spacial score (nSPS) is 19.8. The Morgan fingerprint density at radius 1 is 1.36 bits per heavy atom. The fraction of sp³-hybridized carbons (Fsp3) is 0.500. The molecule has 0 bridgehead atoms. The van der Waals surface area contributed by atoms with E-state index in [-0.39, 0.29) is 23.0 Å². The summed E-state index contributed by atoms with van der Waals surface area (Å²) in [6.45, 7) is 1.37. The number of aromatic nitrogens is 1. The molecule has 1 unspecified atom stereocenters. The molecular formula is C20H25FN4O3. The number of carbonyl (C=O) groups is 1. The molecule has 7 nitrogen and oxygen atoms in total. The van der Waals surface area contributed by atoms with Crippen LogP contribution in [0.5, 0.6) is 5.75 Å². The lowest BCUT2D eigenvalue weighted by atomic mass is 10.0. The van der Waals surface area contributed by atoms with Crippen LogP contribution in [0.2, 0.25) is 0 Å². The molecule has 8 heteroatoms. The predicted molar refractivity (Wildman–Crippen MR) is 106 cm³/mol. The molecule has 28 heavy (non-hydrogen) atoms. The Morgan fingerprint density at radius 2 is 2.11 bits per heavy atom. The maximum Gasteiger partial charge on any atom is 0.254 e. The fourth-order valence-electron chi connectivity index (χ4n) is 4.16.